The monoisotopic (exact) mass is 324 g/mol. The van der Waals surface area contributed by atoms with Gasteiger partial charge in [-0.2, -0.15) is 0 Å². The molecular formula is C16H18Cl2N2O. The molecule has 0 saturated carbocycles. The maximum Gasteiger partial charge on any atom is 0.219 e. The summed E-state index contributed by atoms with van der Waals surface area (Å²) < 4.78 is 5.70. The zero-order valence-corrected chi connectivity index (χ0v) is 13.6. The van der Waals surface area contributed by atoms with Crippen molar-refractivity contribution >= 4 is 23.2 Å². The topological polar surface area (TPSA) is 34.2 Å². The lowest BCUT2D eigenvalue weighted by Crippen LogP contribution is -2.18. The van der Waals surface area contributed by atoms with Gasteiger partial charge in [-0.15, -0.1) is 0 Å². The number of hydrogen-bond donors (Lipinski definition) is 1. The van der Waals surface area contributed by atoms with Gasteiger partial charge in [0.1, 0.15) is 5.75 Å². The van der Waals surface area contributed by atoms with E-state index in [1.54, 1.807) is 24.4 Å². The van der Waals surface area contributed by atoms with E-state index >= 15 is 0 Å². The lowest BCUT2D eigenvalue weighted by molar-refractivity contribution is 0.461. The number of benzene rings is 1. The first-order valence-electron chi connectivity index (χ1n) is 6.83. The van der Waals surface area contributed by atoms with Crippen LogP contribution in [0, 0.1) is 5.92 Å². The van der Waals surface area contributed by atoms with E-state index in [2.05, 4.69) is 24.1 Å². The molecule has 0 aliphatic carbocycles. The van der Waals surface area contributed by atoms with Gasteiger partial charge in [-0.05, 0) is 42.3 Å². The second-order valence-corrected chi connectivity index (χ2v) is 6.05. The van der Waals surface area contributed by atoms with Crippen LogP contribution >= 0.6 is 23.2 Å². The molecule has 0 aliphatic rings. The fourth-order valence-electron chi connectivity index (χ4n) is 1.79. The van der Waals surface area contributed by atoms with Crippen LogP contribution in [-0.4, -0.2) is 11.5 Å². The smallest absolute Gasteiger partial charge is 0.219 e. The summed E-state index contributed by atoms with van der Waals surface area (Å²) in [5.74, 6) is 1.68. The highest BCUT2D eigenvalue weighted by Crippen LogP contribution is 2.30. The number of nitrogens with zero attached hydrogens (tertiary/aromatic N) is 1. The lowest BCUT2D eigenvalue weighted by Gasteiger charge is -2.10. The molecule has 0 saturated heterocycles. The van der Waals surface area contributed by atoms with E-state index in [4.69, 9.17) is 27.9 Å². The second-order valence-electron chi connectivity index (χ2n) is 5.20. The fourth-order valence-corrected chi connectivity index (χ4v) is 2.24. The lowest BCUT2D eigenvalue weighted by atomic mass is 10.2. The first-order chi connectivity index (χ1) is 10.0. The molecule has 2 aromatic rings. The molecule has 0 fully saturated rings. The molecule has 1 heterocycles. The third kappa shape index (κ3) is 5.20. The Kier molecular flexibility index (Phi) is 5.85. The first kappa shape index (κ1) is 16.1. The van der Waals surface area contributed by atoms with Gasteiger partial charge in [0.15, 0.2) is 0 Å². The van der Waals surface area contributed by atoms with Crippen LogP contribution in [0.25, 0.3) is 0 Å². The van der Waals surface area contributed by atoms with Crippen molar-refractivity contribution in [1.82, 2.24) is 10.3 Å². The van der Waals surface area contributed by atoms with Gasteiger partial charge in [0.25, 0.3) is 0 Å². The quantitative estimate of drug-likeness (QED) is 0.818. The standard InChI is InChI=1S/C16H18Cl2N2O/c1-11(2)9-19-10-12-5-6-20-16(7-12)21-15-4-3-13(17)8-14(15)18/h3-8,11,19H,9-10H2,1-2H3. The van der Waals surface area contributed by atoms with E-state index in [0.29, 0.717) is 27.6 Å². The van der Waals surface area contributed by atoms with Crippen molar-refractivity contribution in [2.24, 2.45) is 5.92 Å². The molecule has 0 bridgehead atoms. The maximum absolute atomic E-state index is 6.09. The fraction of sp³-hybridized carbons (Fsp3) is 0.312. The Hall–Kier alpha value is -1.29. The molecule has 1 aromatic carbocycles. The third-order valence-corrected chi connectivity index (χ3v) is 3.32. The normalized spacial score (nSPS) is 10.9. The van der Waals surface area contributed by atoms with Crippen molar-refractivity contribution in [3.05, 3.63) is 52.1 Å². The number of rotatable bonds is 6. The van der Waals surface area contributed by atoms with Crippen molar-refractivity contribution in [1.29, 1.82) is 0 Å². The third-order valence-electron chi connectivity index (χ3n) is 2.79. The number of nitrogens with one attached hydrogen (secondary N) is 1. The Morgan fingerprint density at radius 3 is 2.71 bits per heavy atom. The summed E-state index contributed by atoms with van der Waals surface area (Å²) in [5.41, 5.74) is 1.12. The second kappa shape index (κ2) is 7.64. The highest BCUT2D eigenvalue weighted by Gasteiger charge is 2.06. The number of hydrogen-bond acceptors (Lipinski definition) is 3. The molecule has 21 heavy (non-hydrogen) atoms. The van der Waals surface area contributed by atoms with Gasteiger partial charge in [-0.3, -0.25) is 0 Å². The average Bonchev–Trinajstić information content (AvgIpc) is 2.42. The summed E-state index contributed by atoms with van der Waals surface area (Å²) in [7, 11) is 0. The van der Waals surface area contributed by atoms with Crippen LogP contribution in [0.15, 0.2) is 36.5 Å². The summed E-state index contributed by atoms with van der Waals surface area (Å²) in [6, 6.07) is 8.97. The molecule has 112 valence electrons. The van der Waals surface area contributed by atoms with Gasteiger partial charge >= 0.3 is 0 Å². The number of aromatic nitrogens is 1. The Bertz CT molecular complexity index is 603. The minimum absolute atomic E-state index is 0.465. The van der Waals surface area contributed by atoms with Crippen LogP contribution in [-0.2, 0) is 6.54 Å². The highest BCUT2D eigenvalue weighted by molar-refractivity contribution is 6.35. The summed E-state index contributed by atoms with van der Waals surface area (Å²) in [6.07, 6.45) is 1.73. The van der Waals surface area contributed by atoms with E-state index in [1.807, 2.05) is 12.1 Å². The number of ether oxygens (including phenoxy) is 1. The van der Waals surface area contributed by atoms with Crippen LogP contribution in [0.3, 0.4) is 0 Å². The zero-order chi connectivity index (χ0) is 15.2. The number of halogens is 2. The predicted molar refractivity (Wildman–Crippen MR) is 87.3 cm³/mol. The van der Waals surface area contributed by atoms with E-state index in [0.717, 1.165) is 18.7 Å². The SMILES string of the molecule is CC(C)CNCc1ccnc(Oc2ccc(Cl)cc2Cl)c1. The summed E-state index contributed by atoms with van der Waals surface area (Å²) in [4.78, 5) is 4.20. The molecule has 0 amide bonds. The zero-order valence-electron chi connectivity index (χ0n) is 12.1. The molecule has 5 heteroatoms. The molecule has 1 N–H and O–H groups in total. The Morgan fingerprint density at radius 1 is 1.19 bits per heavy atom. The minimum atomic E-state index is 0.465. The van der Waals surface area contributed by atoms with Gasteiger partial charge in [0, 0.05) is 23.8 Å². The van der Waals surface area contributed by atoms with Crippen molar-refractivity contribution in [3.8, 4) is 11.6 Å². The average molecular weight is 325 g/mol. The largest absolute Gasteiger partial charge is 0.437 e. The van der Waals surface area contributed by atoms with Crippen molar-refractivity contribution < 1.29 is 4.74 Å². The first-order valence-corrected chi connectivity index (χ1v) is 7.58. The number of pyridine rings is 1. The van der Waals surface area contributed by atoms with Crippen molar-refractivity contribution in [2.75, 3.05) is 6.54 Å². The molecule has 0 spiro atoms. The maximum atomic E-state index is 6.09. The van der Waals surface area contributed by atoms with Gasteiger partial charge < -0.3 is 10.1 Å². The van der Waals surface area contributed by atoms with E-state index < -0.39 is 0 Å². The van der Waals surface area contributed by atoms with Crippen LogP contribution in [0.2, 0.25) is 10.0 Å². The van der Waals surface area contributed by atoms with E-state index in [-0.39, 0.29) is 0 Å². The molecule has 0 unspecified atom stereocenters. The van der Waals surface area contributed by atoms with Gasteiger partial charge in [0.05, 0.1) is 5.02 Å². The molecule has 1 aromatic heterocycles. The van der Waals surface area contributed by atoms with E-state index in [1.165, 1.54) is 0 Å². The molecule has 0 atom stereocenters. The molecule has 2 rings (SSSR count). The summed E-state index contributed by atoms with van der Waals surface area (Å²) in [6.45, 7) is 6.11. The van der Waals surface area contributed by atoms with Crippen LogP contribution in [0.5, 0.6) is 11.6 Å². The molecular weight excluding hydrogens is 307 g/mol. The molecule has 0 radical (unpaired) electrons. The van der Waals surface area contributed by atoms with Crippen LogP contribution in [0.1, 0.15) is 19.4 Å². The van der Waals surface area contributed by atoms with Crippen molar-refractivity contribution in [3.63, 3.8) is 0 Å². The van der Waals surface area contributed by atoms with Crippen LogP contribution in [0.4, 0.5) is 0 Å². The summed E-state index contributed by atoms with van der Waals surface area (Å²) in [5, 5.41) is 4.43. The minimum Gasteiger partial charge on any atom is -0.437 e. The Morgan fingerprint density at radius 2 is 2.00 bits per heavy atom. The molecule has 3 nitrogen and oxygen atoms in total. The highest BCUT2D eigenvalue weighted by atomic mass is 35.5. The predicted octanol–water partition coefficient (Wildman–Crippen LogP) is 4.93. The van der Waals surface area contributed by atoms with Gasteiger partial charge in [-0.25, -0.2) is 4.98 Å². The van der Waals surface area contributed by atoms with Crippen molar-refractivity contribution in [2.45, 2.75) is 20.4 Å². The van der Waals surface area contributed by atoms with Gasteiger partial charge in [-0.1, -0.05) is 37.0 Å². The van der Waals surface area contributed by atoms with Crippen LogP contribution < -0.4 is 10.1 Å². The molecule has 0 aliphatic heterocycles. The Labute approximate surface area is 135 Å². The summed E-state index contributed by atoms with van der Waals surface area (Å²) >= 11 is 12.0. The van der Waals surface area contributed by atoms with Gasteiger partial charge in [0.2, 0.25) is 5.88 Å². The van der Waals surface area contributed by atoms with E-state index in [9.17, 15) is 0 Å². The Balaban J connectivity index is 2.03.